The van der Waals surface area contributed by atoms with Crippen molar-refractivity contribution in [3.05, 3.63) is 28.5 Å². The minimum absolute atomic E-state index is 0.00803. The maximum Gasteiger partial charge on any atom is 0.221 e. The Morgan fingerprint density at radius 3 is 2.76 bits per heavy atom. The van der Waals surface area contributed by atoms with Gasteiger partial charge >= 0.3 is 0 Å². The van der Waals surface area contributed by atoms with Gasteiger partial charge in [0.05, 0.1) is 4.47 Å². The monoisotopic (exact) mass is 302 g/mol. The Bertz CT molecular complexity index is 396. The first-order valence-corrected chi connectivity index (χ1v) is 6.26. The van der Waals surface area contributed by atoms with Crippen LogP contribution in [0.1, 0.15) is 20.3 Å². The first kappa shape index (κ1) is 14.0. The zero-order valence-electron chi connectivity index (χ0n) is 9.89. The average Bonchev–Trinajstić information content (AvgIpc) is 2.22. The van der Waals surface area contributed by atoms with Gasteiger partial charge in [-0.1, -0.05) is 0 Å². The molecule has 0 saturated carbocycles. The Morgan fingerprint density at radius 2 is 2.18 bits per heavy atom. The lowest BCUT2D eigenvalue weighted by Crippen LogP contribution is -2.31. The van der Waals surface area contributed by atoms with Crippen molar-refractivity contribution < 1.29 is 9.18 Å². The summed E-state index contributed by atoms with van der Waals surface area (Å²) in [6.07, 6.45) is 0.396. The van der Waals surface area contributed by atoms with E-state index in [0.717, 1.165) is 5.69 Å². The summed E-state index contributed by atoms with van der Waals surface area (Å²) in [4.78, 5) is 11.3. The van der Waals surface area contributed by atoms with Crippen molar-refractivity contribution in [1.82, 2.24) is 5.32 Å². The van der Waals surface area contributed by atoms with Crippen molar-refractivity contribution in [2.24, 2.45) is 0 Å². The predicted octanol–water partition coefficient (Wildman–Crippen LogP) is 2.91. The number of carbonyl (C=O) groups is 1. The summed E-state index contributed by atoms with van der Waals surface area (Å²) in [6.45, 7) is 4.36. The molecule has 0 aliphatic rings. The summed E-state index contributed by atoms with van der Waals surface area (Å²) < 4.78 is 13.4. The van der Waals surface area contributed by atoms with Crippen molar-refractivity contribution in [3.8, 4) is 0 Å². The third kappa shape index (κ3) is 5.17. The Balaban J connectivity index is 2.36. The highest BCUT2D eigenvalue weighted by Crippen LogP contribution is 2.19. The number of rotatable bonds is 5. The number of hydrogen-bond acceptors (Lipinski definition) is 2. The summed E-state index contributed by atoms with van der Waals surface area (Å²) in [7, 11) is 0. The second-order valence-corrected chi connectivity index (χ2v) is 4.88. The van der Waals surface area contributed by atoms with E-state index in [1.807, 2.05) is 13.8 Å². The van der Waals surface area contributed by atoms with Gasteiger partial charge < -0.3 is 10.6 Å². The molecule has 1 amide bonds. The molecule has 0 atom stereocenters. The van der Waals surface area contributed by atoms with Crippen LogP contribution in [0.4, 0.5) is 10.1 Å². The van der Waals surface area contributed by atoms with E-state index in [1.165, 1.54) is 6.07 Å². The van der Waals surface area contributed by atoms with Gasteiger partial charge in [0.15, 0.2) is 0 Å². The van der Waals surface area contributed by atoms with Crippen molar-refractivity contribution in [2.45, 2.75) is 26.3 Å². The number of carbonyl (C=O) groups excluding carboxylic acids is 1. The van der Waals surface area contributed by atoms with Gasteiger partial charge in [-0.3, -0.25) is 4.79 Å². The van der Waals surface area contributed by atoms with E-state index < -0.39 is 0 Å². The molecule has 94 valence electrons. The van der Waals surface area contributed by atoms with Crippen molar-refractivity contribution in [1.29, 1.82) is 0 Å². The Hall–Kier alpha value is -1.10. The molecule has 2 N–H and O–H groups in total. The fourth-order valence-electron chi connectivity index (χ4n) is 1.32. The first-order chi connectivity index (χ1) is 7.99. The fourth-order valence-corrected chi connectivity index (χ4v) is 1.70. The number of benzene rings is 1. The standard InChI is InChI=1S/C12H16BrFN2O/c1-8(2)16-12(17)5-6-15-9-3-4-11(14)10(13)7-9/h3-4,7-8,15H,5-6H2,1-2H3,(H,16,17). The quantitative estimate of drug-likeness (QED) is 0.878. The fraction of sp³-hybridized carbons (Fsp3) is 0.417. The van der Waals surface area contributed by atoms with Crippen LogP contribution in [0, 0.1) is 5.82 Å². The number of halogens is 2. The van der Waals surface area contributed by atoms with E-state index in [4.69, 9.17) is 0 Å². The largest absolute Gasteiger partial charge is 0.384 e. The summed E-state index contributed by atoms with van der Waals surface area (Å²) >= 11 is 3.11. The molecular formula is C12H16BrFN2O. The van der Waals surface area contributed by atoms with Gasteiger partial charge in [-0.25, -0.2) is 4.39 Å². The lowest BCUT2D eigenvalue weighted by molar-refractivity contribution is -0.121. The van der Waals surface area contributed by atoms with E-state index >= 15 is 0 Å². The van der Waals surface area contributed by atoms with Crippen LogP contribution < -0.4 is 10.6 Å². The maximum absolute atomic E-state index is 13.0. The molecule has 0 aromatic heterocycles. The highest BCUT2D eigenvalue weighted by molar-refractivity contribution is 9.10. The van der Waals surface area contributed by atoms with E-state index in [9.17, 15) is 9.18 Å². The third-order valence-electron chi connectivity index (χ3n) is 2.05. The zero-order valence-corrected chi connectivity index (χ0v) is 11.5. The van der Waals surface area contributed by atoms with Gasteiger partial charge in [0.1, 0.15) is 5.82 Å². The Labute approximate surface area is 109 Å². The van der Waals surface area contributed by atoms with E-state index in [2.05, 4.69) is 26.6 Å². The van der Waals surface area contributed by atoms with E-state index in [0.29, 0.717) is 17.4 Å². The lowest BCUT2D eigenvalue weighted by Gasteiger charge is -2.09. The molecule has 0 bridgehead atoms. The van der Waals surface area contributed by atoms with Crippen LogP contribution in [-0.2, 0) is 4.79 Å². The van der Waals surface area contributed by atoms with Gasteiger partial charge in [-0.05, 0) is 48.0 Å². The molecule has 0 unspecified atom stereocenters. The molecule has 3 nitrogen and oxygen atoms in total. The third-order valence-corrected chi connectivity index (χ3v) is 2.66. The minimum atomic E-state index is -0.298. The summed E-state index contributed by atoms with van der Waals surface area (Å²) in [5.41, 5.74) is 0.788. The van der Waals surface area contributed by atoms with Crippen molar-refractivity contribution in [3.63, 3.8) is 0 Å². The van der Waals surface area contributed by atoms with Crippen molar-refractivity contribution >= 4 is 27.5 Å². The molecule has 0 heterocycles. The lowest BCUT2D eigenvalue weighted by atomic mass is 10.3. The highest BCUT2D eigenvalue weighted by Gasteiger charge is 2.03. The first-order valence-electron chi connectivity index (χ1n) is 5.47. The Morgan fingerprint density at radius 1 is 1.47 bits per heavy atom. The second kappa shape index (κ2) is 6.59. The molecule has 1 aromatic carbocycles. The van der Waals surface area contributed by atoms with Gasteiger partial charge in [-0.15, -0.1) is 0 Å². The number of amides is 1. The van der Waals surface area contributed by atoms with Crippen LogP contribution in [0.3, 0.4) is 0 Å². The van der Waals surface area contributed by atoms with E-state index in [1.54, 1.807) is 12.1 Å². The molecule has 1 aromatic rings. The predicted molar refractivity (Wildman–Crippen MR) is 70.5 cm³/mol. The SMILES string of the molecule is CC(C)NC(=O)CCNc1ccc(F)c(Br)c1. The number of nitrogens with one attached hydrogen (secondary N) is 2. The molecule has 17 heavy (non-hydrogen) atoms. The molecule has 0 fully saturated rings. The molecule has 0 spiro atoms. The van der Waals surface area contributed by atoms with Gasteiger partial charge in [0.2, 0.25) is 5.91 Å². The topological polar surface area (TPSA) is 41.1 Å². The van der Waals surface area contributed by atoms with Crippen LogP contribution in [0.5, 0.6) is 0 Å². The zero-order chi connectivity index (χ0) is 12.8. The second-order valence-electron chi connectivity index (χ2n) is 4.03. The normalized spacial score (nSPS) is 10.4. The molecule has 0 saturated heterocycles. The molecule has 5 heteroatoms. The van der Waals surface area contributed by atoms with Gasteiger partial charge in [0, 0.05) is 24.7 Å². The molecule has 0 radical (unpaired) electrons. The smallest absolute Gasteiger partial charge is 0.221 e. The average molecular weight is 303 g/mol. The molecule has 0 aliphatic heterocycles. The molecule has 0 aliphatic carbocycles. The summed E-state index contributed by atoms with van der Waals surface area (Å²) in [5, 5.41) is 5.86. The number of hydrogen-bond donors (Lipinski definition) is 2. The number of anilines is 1. The van der Waals surface area contributed by atoms with Crippen molar-refractivity contribution in [2.75, 3.05) is 11.9 Å². The summed E-state index contributed by atoms with van der Waals surface area (Å²) in [6, 6.07) is 4.82. The maximum atomic E-state index is 13.0. The summed E-state index contributed by atoms with van der Waals surface area (Å²) in [5.74, 6) is -0.290. The highest BCUT2D eigenvalue weighted by atomic mass is 79.9. The van der Waals surface area contributed by atoms with Crippen LogP contribution in [-0.4, -0.2) is 18.5 Å². The van der Waals surface area contributed by atoms with Gasteiger partial charge in [0.25, 0.3) is 0 Å². The minimum Gasteiger partial charge on any atom is -0.384 e. The van der Waals surface area contributed by atoms with Crippen LogP contribution in [0.25, 0.3) is 0 Å². The van der Waals surface area contributed by atoms with Crippen LogP contribution >= 0.6 is 15.9 Å². The van der Waals surface area contributed by atoms with Crippen LogP contribution in [0.2, 0.25) is 0 Å². The van der Waals surface area contributed by atoms with E-state index in [-0.39, 0.29) is 17.8 Å². The Kier molecular flexibility index (Phi) is 5.41. The van der Waals surface area contributed by atoms with Crippen LogP contribution in [0.15, 0.2) is 22.7 Å². The molecule has 1 rings (SSSR count). The van der Waals surface area contributed by atoms with Gasteiger partial charge in [-0.2, -0.15) is 0 Å². The molecular weight excluding hydrogens is 287 g/mol.